The van der Waals surface area contributed by atoms with Crippen molar-refractivity contribution in [3.8, 4) is 11.3 Å². The molecule has 0 radical (unpaired) electrons. The fraction of sp³-hybridized carbons (Fsp3) is 0.154. The molecule has 4 rings (SSSR count). The largest absolute Gasteiger partial charge is 0.322 e. The minimum absolute atomic E-state index is 0.188. The number of amides is 1. The maximum atomic E-state index is 13.4. The number of pyridine rings is 1. The van der Waals surface area contributed by atoms with E-state index < -0.39 is 0 Å². The minimum Gasteiger partial charge on any atom is -0.322 e. The molecule has 0 aliphatic heterocycles. The van der Waals surface area contributed by atoms with Gasteiger partial charge in [0, 0.05) is 21.1 Å². The Morgan fingerprint density at radius 2 is 1.61 bits per heavy atom. The molecule has 0 spiro atoms. The zero-order valence-corrected chi connectivity index (χ0v) is 20.1. The molecular weight excluding hydrogens is 472 g/mol. The van der Waals surface area contributed by atoms with Crippen molar-refractivity contribution in [3.05, 3.63) is 91.9 Å². The van der Waals surface area contributed by atoms with Crippen molar-refractivity contribution in [2.45, 2.75) is 27.7 Å². The van der Waals surface area contributed by atoms with E-state index in [-0.39, 0.29) is 5.91 Å². The topological polar surface area (TPSA) is 42.0 Å². The molecule has 0 atom stereocenters. The lowest BCUT2D eigenvalue weighted by Crippen LogP contribution is -2.14. The molecule has 0 unspecified atom stereocenters. The van der Waals surface area contributed by atoms with E-state index in [0.717, 1.165) is 43.3 Å². The maximum absolute atomic E-state index is 13.4. The van der Waals surface area contributed by atoms with Gasteiger partial charge >= 0.3 is 0 Å². The molecule has 1 aromatic heterocycles. The quantitative estimate of drug-likeness (QED) is 0.316. The number of carbonyl (C=O) groups excluding carboxylic acids is 1. The fourth-order valence-corrected chi connectivity index (χ4v) is 4.33. The highest BCUT2D eigenvalue weighted by Crippen LogP contribution is 2.31. The molecular formula is C26H22BrClN2O. The fourth-order valence-electron chi connectivity index (χ4n) is 3.71. The Morgan fingerprint density at radius 3 is 2.32 bits per heavy atom. The monoisotopic (exact) mass is 492 g/mol. The highest BCUT2D eigenvalue weighted by molar-refractivity contribution is 9.10. The molecule has 0 saturated heterocycles. The van der Waals surface area contributed by atoms with Gasteiger partial charge in [0.25, 0.3) is 5.91 Å². The van der Waals surface area contributed by atoms with Gasteiger partial charge in [0.05, 0.1) is 21.8 Å². The van der Waals surface area contributed by atoms with Crippen molar-refractivity contribution in [2.24, 2.45) is 0 Å². The third kappa shape index (κ3) is 4.36. The Kier molecular flexibility index (Phi) is 5.87. The molecule has 3 nitrogen and oxygen atoms in total. The van der Waals surface area contributed by atoms with Crippen molar-refractivity contribution in [1.29, 1.82) is 0 Å². The summed E-state index contributed by atoms with van der Waals surface area (Å²) in [5, 5.41) is 4.43. The van der Waals surface area contributed by atoms with E-state index in [0.29, 0.717) is 16.3 Å². The van der Waals surface area contributed by atoms with Crippen molar-refractivity contribution in [2.75, 3.05) is 5.32 Å². The smallest absolute Gasteiger partial charge is 0.256 e. The molecule has 0 saturated carbocycles. The van der Waals surface area contributed by atoms with Crippen LogP contribution in [0.15, 0.2) is 59.1 Å². The van der Waals surface area contributed by atoms with Crippen LogP contribution in [0.2, 0.25) is 5.02 Å². The Bertz CT molecular complexity index is 1330. The number of carbonyl (C=O) groups is 1. The summed E-state index contributed by atoms with van der Waals surface area (Å²) in [4.78, 5) is 18.3. The number of aromatic nitrogens is 1. The maximum Gasteiger partial charge on any atom is 0.256 e. The summed E-state index contributed by atoms with van der Waals surface area (Å²) in [7, 11) is 0. The van der Waals surface area contributed by atoms with E-state index >= 15 is 0 Å². The minimum atomic E-state index is -0.188. The first-order valence-corrected chi connectivity index (χ1v) is 11.2. The third-order valence-electron chi connectivity index (χ3n) is 5.36. The molecule has 1 amide bonds. The van der Waals surface area contributed by atoms with Crippen LogP contribution >= 0.6 is 27.5 Å². The molecule has 0 aliphatic rings. The zero-order valence-electron chi connectivity index (χ0n) is 17.8. The number of anilines is 1. The van der Waals surface area contributed by atoms with E-state index in [1.807, 2.05) is 51.1 Å². The predicted octanol–water partition coefficient (Wildman–Crippen LogP) is 7.80. The third-order valence-corrected chi connectivity index (χ3v) is 6.55. The predicted molar refractivity (Wildman–Crippen MR) is 133 cm³/mol. The van der Waals surface area contributed by atoms with E-state index in [1.54, 1.807) is 6.07 Å². The van der Waals surface area contributed by atoms with Gasteiger partial charge in [0.15, 0.2) is 0 Å². The van der Waals surface area contributed by atoms with Crippen molar-refractivity contribution < 1.29 is 4.79 Å². The summed E-state index contributed by atoms with van der Waals surface area (Å²) in [5.41, 5.74) is 8.09. The van der Waals surface area contributed by atoms with Gasteiger partial charge in [-0.15, -0.1) is 0 Å². The molecule has 3 aromatic carbocycles. The Hall–Kier alpha value is -2.69. The first kappa shape index (κ1) is 21.5. The van der Waals surface area contributed by atoms with Gasteiger partial charge in [-0.3, -0.25) is 4.79 Å². The molecule has 0 fully saturated rings. The molecule has 0 aliphatic carbocycles. The lowest BCUT2D eigenvalue weighted by Gasteiger charge is -2.14. The Labute approximate surface area is 195 Å². The number of hydrogen-bond acceptors (Lipinski definition) is 2. The van der Waals surface area contributed by atoms with Crippen molar-refractivity contribution in [3.63, 3.8) is 0 Å². The Morgan fingerprint density at radius 1 is 0.903 bits per heavy atom. The van der Waals surface area contributed by atoms with Crippen LogP contribution in [0.4, 0.5) is 5.69 Å². The second kappa shape index (κ2) is 8.45. The average Bonchev–Trinajstić information content (AvgIpc) is 2.72. The van der Waals surface area contributed by atoms with Gasteiger partial charge in [0.2, 0.25) is 0 Å². The lowest BCUT2D eigenvalue weighted by atomic mass is 9.99. The Balaban J connectivity index is 1.88. The summed E-state index contributed by atoms with van der Waals surface area (Å²) < 4.78 is 0.798. The number of hydrogen-bond donors (Lipinski definition) is 1. The number of nitrogens with zero attached hydrogens (tertiary/aromatic N) is 1. The molecule has 156 valence electrons. The second-order valence-electron chi connectivity index (χ2n) is 7.93. The van der Waals surface area contributed by atoms with E-state index in [1.165, 1.54) is 5.56 Å². The van der Waals surface area contributed by atoms with Gasteiger partial charge in [-0.05, 0) is 79.0 Å². The molecule has 1 heterocycles. The molecule has 1 N–H and O–H groups in total. The van der Waals surface area contributed by atoms with Gasteiger partial charge in [-0.25, -0.2) is 4.98 Å². The van der Waals surface area contributed by atoms with Crippen LogP contribution in [0.25, 0.3) is 22.2 Å². The number of aryl methyl sites for hydroxylation is 4. The van der Waals surface area contributed by atoms with Gasteiger partial charge in [-0.2, -0.15) is 0 Å². The van der Waals surface area contributed by atoms with E-state index in [9.17, 15) is 4.79 Å². The van der Waals surface area contributed by atoms with Crippen LogP contribution in [-0.2, 0) is 0 Å². The van der Waals surface area contributed by atoms with Crippen LogP contribution in [0.3, 0.4) is 0 Å². The normalized spacial score (nSPS) is 11.0. The number of nitrogens with one attached hydrogen (secondary N) is 1. The second-order valence-corrected chi connectivity index (χ2v) is 9.20. The zero-order chi connectivity index (χ0) is 22.3. The van der Waals surface area contributed by atoms with Gasteiger partial charge in [-0.1, -0.05) is 53.1 Å². The summed E-state index contributed by atoms with van der Waals surface area (Å²) >= 11 is 9.69. The molecule has 5 heteroatoms. The number of benzene rings is 3. The SMILES string of the molecule is Cc1ccc(-c2cc(C(=O)Nc3cc(Cl)c(Br)cc3C)c3cc(C)cc(C)c3n2)cc1. The lowest BCUT2D eigenvalue weighted by molar-refractivity contribution is 0.102. The van der Waals surface area contributed by atoms with Crippen LogP contribution in [0.1, 0.15) is 32.6 Å². The van der Waals surface area contributed by atoms with Crippen LogP contribution < -0.4 is 5.32 Å². The molecule has 4 aromatic rings. The molecule has 31 heavy (non-hydrogen) atoms. The van der Waals surface area contributed by atoms with Crippen molar-refractivity contribution in [1.82, 2.24) is 4.98 Å². The number of rotatable bonds is 3. The first-order valence-electron chi connectivity index (χ1n) is 9.99. The number of fused-ring (bicyclic) bond motifs is 1. The highest BCUT2D eigenvalue weighted by atomic mass is 79.9. The first-order chi connectivity index (χ1) is 14.7. The van der Waals surface area contributed by atoms with E-state index in [2.05, 4.69) is 46.4 Å². The highest BCUT2D eigenvalue weighted by Gasteiger charge is 2.17. The van der Waals surface area contributed by atoms with Crippen LogP contribution in [0.5, 0.6) is 0 Å². The summed E-state index contributed by atoms with van der Waals surface area (Å²) in [6, 6.07) is 17.8. The summed E-state index contributed by atoms with van der Waals surface area (Å²) in [6.45, 7) is 8.05. The standard InChI is InChI=1S/C26H22BrClN2O/c1-14-5-7-18(8-6-14)24-12-20(19-10-15(2)9-17(4)25(19)29-24)26(31)30-23-13-22(28)21(27)11-16(23)3/h5-13H,1-4H3,(H,30,31). The average molecular weight is 494 g/mol. The summed E-state index contributed by atoms with van der Waals surface area (Å²) in [6.07, 6.45) is 0. The molecule has 0 bridgehead atoms. The van der Waals surface area contributed by atoms with Gasteiger partial charge < -0.3 is 5.32 Å². The van der Waals surface area contributed by atoms with Crippen molar-refractivity contribution >= 4 is 50.0 Å². The van der Waals surface area contributed by atoms with Gasteiger partial charge in [0.1, 0.15) is 0 Å². The van der Waals surface area contributed by atoms with Crippen LogP contribution in [-0.4, -0.2) is 10.9 Å². The summed E-state index contributed by atoms with van der Waals surface area (Å²) in [5.74, 6) is -0.188. The number of halogens is 2. The van der Waals surface area contributed by atoms with Crippen LogP contribution in [0, 0.1) is 27.7 Å². The van der Waals surface area contributed by atoms with E-state index in [4.69, 9.17) is 16.6 Å².